The van der Waals surface area contributed by atoms with Crippen molar-refractivity contribution >= 4 is 28.1 Å². The van der Waals surface area contributed by atoms with Gasteiger partial charge in [-0.3, -0.25) is 10.1 Å². The zero-order valence-electron chi connectivity index (χ0n) is 12.2. The number of halogens is 1. The lowest BCUT2D eigenvalue weighted by atomic mass is 9.93. The molecule has 124 valence electrons. The van der Waals surface area contributed by atoms with Crippen molar-refractivity contribution in [3.8, 4) is 0 Å². The van der Waals surface area contributed by atoms with Crippen molar-refractivity contribution in [3.05, 3.63) is 33.9 Å². The lowest BCUT2D eigenvalue weighted by Crippen LogP contribution is -2.40. The van der Waals surface area contributed by atoms with Gasteiger partial charge in [-0.2, -0.15) is 0 Å². The van der Waals surface area contributed by atoms with Gasteiger partial charge in [0.2, 0.25) is 10.0 Å². The Balaban J connectivity index is 0.00000242. The molecule has 0 unspecified atom stereocenters. The first kappa shape index (κ1) is 18.8. The molecule has 3 N–H and O–H groups in total. The summed E-state index contributed by atoms with van der Waals surface area (Å²) in [5.41, 5.74) is 6.05. The molecule has 0 aromatic heterocycles. The molecular formula is C13H20ClN3O4S. The number of rotatable bonds is 4. The van der Waals surface area contributed by atoms with E-state index in [1.807, 2.05) is 0 Å². The summed E-state index contributed by atoms with van der Waals surface area (Å²) in [6.45, 7) is 1.55. The lowest BCUT2D eigenvalue weighted by molar-refractivity contribution is -0.385. The molecule has 1 aromatic carbocycles. The van der Waals surface area contributed by atoms with E-state index in [0.717, 1.165) is 12.8 Å². The van der Waals surface area contributed by atoms with Gasteiger partial charge < -0.3 is 5.73 Å². The summed E-state index contributed by atoms with van der Waals surface area (Å²) in [4.78, 5) is 10.2. The fourth-order valence-corrected chi connectivity index (χ4v) is 4.10. The van der Waals surface area contributed by atoms with Crippen molar-refractivity contribution in [2.45, 2.75) is 49.6 Å². The first-order valence-corrected chi connectivity index (χ1v) is 8.31. The number of sulfonamides is 1. The Bertz CT molecular complexity index is 643. The molecular weight excluding hydrogens is 330 g/mol. The number of hydrogen-bond acceptors (Lipinski definition) is 5. The van der Waals surface area contributed by atoms with Gasteiger partial charge in [-0.25, -0.2) is 13.1 Å². The molecule has 1 saturated carbocycles. The number of nitrogens with one attached hydrogen (secondary N) is 1. The maximum Gasteiger partial charge on any atom is 0.269 e. The molecule has 0 heterocycles. The Kier molecular flexibility index (Phi) is 6.30. The second-order valence-corrected chi connectivity index (χ2v) is 7.12. The molecule has 1 aliphatic carbocycles. The van der Waals surface area contributed by atoms with Crippen molar-refractivity contribution in [2.24, 2.45) is 5.73 Å². The first-order chi connectivity index (χ1) is 9.79. The number of benzene rings is 1. The Hall–Kier alpha value is -1.22. The second-order valence-electron chi connectivity index (χ2n) is 5.44. The summed E-state index contributed by atoms with van der Waals surface area (Å²) < 4.78 is 27.4. The molecule has 0 spiro atoms. The molecule has 2 rings (SSSR count). The Morgan fingerprint density at radius 3 is 2.36 bits per heavy atom. The Morgan fingerprint density at radius 1 is 1.27 bits per heavy atom. The van der Waals surface area contributed by atoms with Crippen LogP contribution >= 0.6 is 12.4 Å². The monoisotopic (exact) mass is 349 g/mol. The number of nitrogens with two attached hydrogens (primary N) is 1. The minimum absolute atomic E-state index is 0. The van der Waals surface area contributed by atoms with E-state index in [2.05, 4.69) is 4.72 Å². The summed E-state index contributed by atoms with van der Waals surface area (Å²) >= 11 is 0. The van der Waals surface area contributed by atoms with Gasteiger partial charge in [0.1, 0.15) is 0 Å². The molecule has 0 aliphatic heterocycles. The Morgan fingerprint density at radius 2 is 1.86 bits per heavy atom. The highest BCUT2D eigenvalue weighted by Crippen LogP contribution is 2.23. The van der Waals surface area contributed by atoms with Crippen LogP contribution < -0.4 is 10.5 Å². The zero-order chi connectivity index (χ0) is 15.6. The van der Waals surface area contributed by atoms with E-state index in [4.69, 9.17) is 5.73 Å². The molecule has 1 aliphatic rings. The van der Waals surface area contributed by atoms with Crippen LogP contribution in [0.25, 0.3) is 0 Å². The van der Waals surface area contributed by atoms with Crippen LogP contribution in [0.4, 0.5) is 5.69 Å². The molecule has 0 radical (unpaired) electrons. The average molecular weight is 350 g/mol. The molecule has 9 heteroatoms. The van der Waals surface area contributed by atoms with Crippen molar-refractivity contribution in [1.82, 2.24) is 4.72 Å². The van der Waals surface area contributed by atoms with E-state index < -0.39 is 14.9 Å². The molecule has 0 bridgehead atoms. The number of nitrogens with zero attached hydrogens (tertiary/aromatic N) is 1. The molecule has 0 atom stereocenters. The summed E-state index contributed by atoms with van der Waals surface area (Å²) in [5, 5.41) is 10.7. The van der Waals surface area contributed by atoms with Crippen LogP contribution in [0.3, 0.4) is 0 Å². The third kappa shape index (κ3) is 4.39. The highest BCUT2D eigenvalue weighted by molar-refractivity contribution is 7.89. The third-order valence-electron chi connectivity index (χ3n) is 3.75. The van der Waals surface area contributed by atoms with Crippen molar-refractivity contribution < 1.29 is 13.3 Å². The largest absolute Gasteiger partial charge is 0.328 e. The predicted octanol–water partition coefficient (Wildman–Crippen LogP) is 1.87. The summed E-state index contributed by atoms with van der Waals surface area (Å²) in [6.07, 6.45) is 3.03. The summed E-state index contributed by atoms with van der Waals surface area (Å²) in [7, 11) is -3.66. The van der Waals surface area contributed by atoms with Gasteiger partial charge in [0.05, 0.1) is 9.82 Å². The Labute approximate surface area is 135 Å². The van der Waals surface area contributed by atoms with Gasteiger partial charge in [0, 0.05) is 24.2 Å². The van der Waals surface area contributed by atoms with Crippen LogP contribution in [0, 0.1) is 17.0 Å². The second kappa shape index (κ2) is 7.36. The SMILES string of the molecule is Cc1cc([N+](=O)[O-])ccc1S(=O)(=O)NC1CCC(N)CC1.Cl. The highest BCUT2D eigenvalue weighted by atomic mass is 35.5. The van der Waals surface area contributed by atoms with Gasteiger partial charge in [-0.05, 0) is 44.2 Å². The van der Waals surface area contributed by atoms with Crippen LogP contribution in [0.1, 0.15) is 31.2 Å². The molecule has 0 saturated heterocycles. The lowest BCUT2D eigenvalue weighted by Gasteiger charge is -2.26. The van der Waals surface area contributed by atoms with Gasteiger partial charge in [0.25, 0.3) is 5.69 Å². The molecule has 1 fully saturated rings. The van der Waals surface area contributed by atoms with E-state index in [9.17, 15) is 18.5 Å². The molecule has 7 nitrogen and oxygen atoms in total. The minimum Gasteiger partial charge on any atom is -0.328 e. The number of non-ortho nitro benzene ring substituents is 1. The van der Waals surface area contributed by atoms with Crippen molar-refractivity contribution in [3.63, 3.8) is 0 Å². The normalized spacial score (nSPS) is 21.9. The van der Waals surface area contributed by atoms with Gasteiger partial charge >= 0.3 is 0 Å². The van der Waals surface area contributed by atoms with Crippen LogP contribution in [0.2, 0.25) is 0 Å². The van der Waals surface area contributed by atoms with E-state index in [0.29, 0.717) is 18.4 Å². The van der Waals surface area contributed by atoms with Crippen molar-refractivity contribution in [2.75, 3.05) is 0 Å². The van der Waals surface area contributed by atoms with E-state index >= 15 is 0 Å². The quantitative estimate of drug-likeness (QED) is 0.636. The average Bonchev–Trinajstić information content (AvgIpc) is 2.40. The van der Waals surface area contributed by atoms with Gasteiger partial charge in [-0.1, -0.05) is 0 Å². The smallest absolute Gasteiger partial charge is 0.269 e. The molecule has 22 heavy (non-hydrogen) atoms. The maximum absolute atomic E-state index is 12.4. The fraction of sp³-hybridized carbons (Fsp3) is 0.538. The summed E-state index contributed by atoms with van der Waals surface area (Å²) in [5.74, 6) is 0. The van der Waals surface area contributed by atoms with Crippen LogP contribution in [-0.2, 0) is 10.0 Å². The van der Waals surface area contributed by atoms with Crippen LogP contribution in [0.15, 0.2) is 23.1 Å². The van der Waals surface area contributed by atoms with Gasteiger partial charge in [0.15, 0.2) is 0 Å². The van der Waals surface area contributed by atoms with Gasteiger partial charge in [-0.15, -0.1) is 12.4 Å². The standard InChI is InChI=1S/C13H19N3O4S.ClH/c1-9-8-12(16(17)18)6-7-13(9)21(19,20)15-11-4-2-10(14)3-5-11;/h6-8,10-11,15H,2-5,14H2,1H3;1H. The number of nitro groups is 1. The number of nitro benzene ring substituents is 1. The predicted molar refractivity (Wildman–Crippen MR) is 85.6 cm³/mol. The van der Waals surface area contributed by atoms with Crippen LogP contribution in [0.5, 0.6) is 0 Å². The van der Waals surface area contributed by atoms with Crippen molar-refractivity contribution in [1.29, 1.82) is 0 Å². The highest BCUT2D eigenvalue weighted by Gasteiger charge is 2.26. The molecule has 1 aromatic rings. The maximum atomic E-state index is 12.4. The van der Waals surface area contributed by atoms with E-state index in [1.165, 1.54) is 18.2 Å². The number of aryl methyl sites for hydroxylation is 1. The topological polar surface area (TPSA) is 115 Å². The summed E-state index contributed by atoms with van der Waals surface area (Å²) in [6, 6.07) is 3.78. The number of hydrogen-bond donors (Lipinski definition) is 2. The van der Waals surface area contributed by atoms with E-state index in [1.54, 1.807) is 6.92 Å². The van der Waals surface area contributed by atoms with Crippen LogP contribution in [-0.4, -0.2) is 25.4 Å². The fourth-order valence-electron chi connectivity index (χ4n) is 2.57. The third-order valence-corrected chi connectivity index (χ3v) is 5.43. The van der Waals surface area contributed by atoms with E-state index in [-0.39, 0.29) is 35.1 Å². The minimum atomic E-state index is -3.66. The zero-order valence-corrected chi connectivity index (χ0v) is 13.8. The molecule has 0 amide bonds. The first-order valence-electron chi connectivity index (χ1n) is 6.82.